The third kappa shape index (κ3) is 3.50. The summed E-state index contributed by atoms with van der Waals surface area (Å²) >= 11 is 1.43. The predicted octanol–water partition coefficient (Wildman–Crippen LogP) is 2.40. The van der Waals surface area contributed by atoms with Gasteiger partial charge in [0.25, 0.3) is 5.91 Å². The average Bonchev–Trinajstić information content (AvgIpc) is 3.23. The maximum atomic E-state index is 12.4. The van der Waals surface area contributed by atoms with Gasteiger partial charge in [0, 0.05) is 30.9 Å². The molecule has 1 saturated heterocycles. The molecule has 1 saturated carbocycles. The minimum Gasteiger partial charge on any atom is -0.435 e. The largest absolute Gasteiger partial charge is 0.435 e. The van der Waals surface area contributed by atoms with Gasteiger partial charge in [-0.05, 0) is 19.8 Å². The number of carbonyl (C=O) groups excluding carboxylic acids is 1. The first-order chi connectivity index (χ1) is 11.7. The Balaban J connectivity index is 1.39. The molecule has 0 atom stereocenters. The van der Waals surface area contributed by atoms with E-state index in [9.17, 15) is 4.79 Å². The van der Waals surface area contributed by atoms with E-state index in [1.165, 1.54) is 11.3 Å². The van der Waals surface area contributed by atoms with E-state index >= 15 is 0 Å². The molecule has 1 N–H and O–H groups in total. The highest BCUT2D eigenvalue weighted by atomic mass is 32.1. The fourth-order valence-corrected chi connectivity index (χ4v) is 3.41. The molecule has 7 nitrogen and oxygen atoms in total. The van der Waals surface area contributed by atoms with E-state index in [-0.39, 0.29) is 5.91 Å². The number of morpholine rings is 1. The van der Waals surface area contributed by atoms with Gasteiger partial charge in [-0.3, -0.25) is 15.0 Å². The van der Waals surface area contributed by atoms with Crippen molar-refractivity contribution >= 4 is 22.4 Å². The number of oxazole rings is 1. The Kier molecular flexibility index (Phi) is 4.34. The second kappa shape index (κ2) is 6.62. The second-order valence-corrected chi connectivity index (χ2v) is 7.09. The fourth-order valence-electron chi connectivity index (χ4n) is 2.71. The highest BCUT2D eigenvalue weighted by Gasteiger charge is 2.31. The van der Waals surface area contributed by atoms with E-state index in [0.717, 1.165) is 51.4 Å². The molecule has 2 aliphatic rings. The number of aromatic nitrogens is 2. The van der Waals surface area contributed by atoms with Crippen LogP contribution in [0.4, 0.5) is 5.13 Å². The van der Waals surface area contributed by atoms with E-state index in [2.05, 4.69) is 20.2 Å². The molecule has 2 aromatic rings. The van der Waals surface area contributed by atoms with Gasteiger partial charge in [-0.2, -0.15) is 0 Å². The summed E-state index contributed by atoms with van der Waals surface area (Å²) in [6.45, 7) is 5.95. The zero-order chi connectivity index (χ0) is 16.5. The van der Waals surface area contributed by atoms with Gasteiger partial charge in [0.05, 0.1) is 24.6 Å². The van der Waals surface area contributed by atoms with E-state index < -0.39 is 0 Å². The van der Waals surface area contributed by atoms with Gasteiger partial charge in [0.2, 0.25) is 5.76 Å². The highest BCUT2D eigenvalue weighted by Crippen LogP contribution is 2.40. The number of aryl methyl sites for hydroxylation is 1. The number of rotatable bonds is 5. The molecule has 0 radical (unpaired) electrons. The summed E-state index contributed by atoms with van der Waals surface area (Å²) in [6.07, 6.45) is 2.19. The van der Waals surface area contributed by atoms with Crippen LogP contribution in [0.3, 0.4) is 0 Å². The standard InChI is InChI=1S/C16H20N4O3S/c1-10-13(23-15(17-10)11-2-3-11)14(21)19-16-18-12(9-24-16)8-20-4-6-22-7-5-20/h9,11H,2-8H2,1H3,(H,18,19,21). The Morgan fingerprint density at radius 3 is 2.92 bits per heavy atom. The van der Waals surface area contributed by atoms with Crippen LogP contribution in [-0.2, 0) is 11.3 Å². The van der Waals surface area contributed by atoms with Crippen LogP contribution < -0.4 is 5.32 Å². The third-order valence-electron chi connectivity index (χ3n) is 4.21. The molecule has 1 aliphatic heterocycles. The van der Waals surface area contributed by atoms with E-state index in [0.29, 0.717) is 28.4 Å². The van der Waals surface area contributed by atoms with Crippen LogP contribution in [-0.4, -0.2) is 47.1 Å². The van der Waals surface area contributed by atoms with Crippen molar-refractivity contribution in [3.05, 3.63) is 28.4 Å². The van der Waals surface area contributed by atoms with Crippen LogP contribution in [0.5, 0.6) is 0 Å². The quantitative estimate of drug-likeness (QED) is 0.894. The Morgan fingerprint density at radius 1 is 1.38 bits per heavy atom. The molecule has 0 spiro atoms. The molecule has 2 fully saturated rings. The Hall–Kier alpha value is -1.77. The van der Waals surface area contributed by atoms with Crippen molar-refractivity contribution < 1.29 is 13.9 Å². The lowest BCUT2D eigenvalue weighted by Crippen LogP contribution is -2.35. The Bertz CT molecular complexity index is 732. The molecule has 0 aromatic carbocycles. The third-order valence-corrected chi connectivity index (χ3v) is 5.01. The summed E-state index contributed by atoms with van der Waals surface area (Å²) in [5.41, 5.74) is 1.60. The summed E-state index contributed by atoms with van der Waals surface area (Å²) in [5.74, 6) is 1.09. The maximum Gasteiger partial charge on any atom is 0.295 e. The van der Waals surface area contributed by atoms with Gasteiger partial charge in [-0.1, -0.05) is 0 Å². The summed E-state index contributed by atoms with van der Waals surface area (Å²) in [6, 6.07) is 0. The highest BCUT2D eigenvalue weighted by molar-refractivity contribution is 7.13. The summed E-state index contributed by atoms with van der Waals surface area (Å²) in [5, 5.41) is 5.39. The number of carbonyl (C=O) groups is 1. The first kappa shape index (κ1) is 15.7. The van der Waals surface area contributed by atoms with Gasteiger partial charge in [-0.25, -0.2) is 9.97 Å². The smallest absolute Gasteiger partial charge is 0.295 e. The molecular weight excluding hydrogens is 328 g/mol. The molecule has 2 aromatic heterocycles. The van der Waals surface area contributed by atoms with Crippen LogP contribution in [0.25, 0.3) is 0 Å². The Labute approximate surface area is 144 Å². The number of anilines is 1. The Morgan fingerprint density at radius 2 is 2.17 bits per heavy atom. The lowest BCUT2D eigenvalue weighted by Gasteiger charge is -2.25. The zero-order valence-corrected chi connectivity index (χ0v) is 14.4. The molecule has 128 valence electrons. The molecule has 1 amide bonds. The number of ether oxygens (including phenoxy) is 1. The number of hydrogen-bond acceptors (Lipinski definition) is 7. The molecule has 0 bridgehead atoms. The van der Waals surface area contributed by atoms with Gasteiger partial charge in [0.15, 0.2) is 11.0 Å². The predicted molar refractivity (Wildman–Crippen MR) is 89.4 cm³/mol. The summed E-state index contributed by atoms with van der Waals surface area (Å²) < 4.78 is 11.0. The lowest BCUT2D eigenvalue weighted by atomic mass is 10.3. The van der Waals surface area contributed by atoms with Gasteiger partial charge >= 0.3 is 0 Å². The first-order valence-electron chi connectivity index (χ1n) is 8.22. The number of nitrogens with one attached hydrogen (secondary N) is 1. The van der Waals surface area contributed by atoms with Gasteiger partial charge < -0.3 is 9.15 Å². The zero-order valence-electron chi connectivity index (χ0n) is 13.6. The fraction of sp³-hybridized carbons (Fsp3) is 0.562. The van der Waals surface area contributed by atoms with Crippen molar-refractivity contribution in [2.45, 2.75) is 32.2 Å². The van der Waals surface area contributed by atoms with Crippen molar-refractivity contribution in [2.24, 2.45) is 0 Å². The minimum atomic E-state index is -0.279. The summed E-state index contributed by atoms with van der Waals surface area (Å²) in [7, 11) is 0. The van der Waals surface area contributed by atoms with Crippen molar-refractivity contribution in [1.82, 2.24) is 14.9 Å². The van der Waals surface area contributed by atoms with Crippen LogP contribution in [0, 0.1) is 6.92 Å². The van der Waals surface area contributed by atoms with Crippen molar-refractivity contribution in [2.75, 3.05) is 31.6 Å². The monoisotopic (exact) mass is 348 g/mol. The van der Waals surface area contributed by atoms with Crippen molar-refractivity contribution in [3.63, 3.8) is 0 Å². The normalized spacial score (nSPS) is 18.7. The minimum absolute atomic E-state index is 0.279. The molecule has 1 aliphatic carbocycles. The van der Waals surface area contributed by atoms with Crippen LogP contribution in [0.2, 0.25) is 0 Å². The van der Waals surface area contributed by atoms with E-state index in [1.807, 2.05) is 5.38 Å². The van der Waals surface area contributed by atoms with Gasteiger partial charge in [0.1, 0.15) is 0 Å². The van der Waals surface area contributed by atoms with E-state index in [4.69, 9.17) is 9.15 Å². The molecule has 3 heterocycles. The van der Waals surface area contributed by atoms with Gasteiger partial charge in [-0.15, -0.1) is 11.3 Å². The number of hydrogen-bond donors (Lipinski definition) is 1. The number of thiazole rings is 1. The van der Waals surface area contributed by atoms with Crippen LogP contribution in [0.1, 0.15) is 46.6 Å². The topological polar surface area (TPSA) is 80.5 Å². The molecule has 24 heavy (non-hydrogen) atoms. The maximum absolute atomic E-state index is 12.4. The van der Waals surface area contributed by atoms with Crippen LogP contribution >= 0.6 is 11.3 Å². The van der Waals surface area contributed by atoms with Crippen LogP contribution in [0.15, 0.2) is 9.80 Å². The molecule has 4 rings (SSSR count). The van der Waals surface area contributed by atoms with Crippen molar-refractivity contribution in [1.29, 1.82) is 0 Å². The summed E-state index contributed by atoms with van der Waals surface area (Å²) in [4.78, 5) is 23.5. The number of amides is 1. The average molecular weight is 348 g/mol. The lowest BCUT2D eigenvalue weighted by molar-refractivity contribution is 0.0337. The number of nitrogens with zero attached hydrogens (tertiary/aromatic N) is 3. The van der Waals surface area contributed by atoms with Crippen molar-refractivity contribution in [3.8, 4) is 0 Å². The SMILES string of the molecule is Cc1nc(C2CC2)oc1C(=O)Nc1nc(CN2CCOCC2)cs1. The molecule has 8 heteroatoms. The van der Waals surface area contributed by atoms with E-state index in [1.54, 1.807) is 6.92 Å². The molecule has 0 unspecified atom stereocenters. The molecular formula is C16H20N4O3S. The second-order valence-electron chi connectivity index (χ2n) is 6.23. The first-order valence-corrected chi connectivity index (χ1v) is 9.10.